The Morgan fingerprint density at radius 2 is 1.44 bits per heavy atom. The molecule has 4 bridgehead atoms. The summed E-state index contributed by atoms with van der Waals surface area (Å²) in [5.74, 6) is 2.15. The number of hydrogen-bond acceptors (Lipinski definition) is 2. The molecule has 0 N–H and O–H groups in total. The van der Waals surface area contributed by atoms with Crippen molar-refractivity contribution in [2.75, 3.05) is 0 Å². The van der Waals surface area contributed by atoms with Crippen molar-refractivity contribution in [2.24, 2.45) is 11.8 Å². The van der Waals surface area contributed by atoms with E-state index in [2.05, 4.69) is 62.9 Å². The molecule has 4 aliphatic heterocycles. The van der Waals surface area contributed by atoms with Gasteiger partial charge in [-0.15, -0.1) is 0 Å². The van der Waals surface area contributed by atoms with Gasteiger partial charge in [-0.25, -0.2) is 0 Å². The largest absolute Gasteiger partial charge is 0.374 e. The minimum Gasteiger partial charge on any atom is -0.374 e. The minimum atomic E-state index is 0.491. The molecule has 7 atom stereocenters. The maximum atomic E-state index is 6.10. The highest BCUT2D eigenvalue weighted by molar-refractivity contribution is 5.45. The van der Waals surface area contributed by atoms with Gasteiger partial charge in [0, 0.05) is 0 Å². The highest BCUT2D eigenvalue weighted by Gasteiger charge is 2.49. The van der Waals surface area contributed by atoms with E-state index in [4.69, 9.17) is 9.47 Å². The fourth-order valence-electron chi connectivity index (χ4n) is 5.81. The van der Waals surface area contributed by atoms with E-state index in [1.54, 1.807) is 0 Å². The molecule has 0 amide bonds. The fourth-order valence-corrected chi connectivity index (χ4v) is 5.81. The average Bonchev–Trinajstić information content (AvgIpc) is 3.66. The van der Waals surface area contributed by atoms with Crippen LogP contribution in [-0.4, -0.2) is 24.4 Å². The van der Waals surface area contributed by atoms with E-state index in [0.717, 1.165) is 11.8 Å². The van der Waals surface area contributed by atoms with Crippen molar-refractivity contribution in [3.63, 3.8) is 0 Å². The van der Waals surface area contributed by atoms with Crippen molar-refractivity contribution in [1.29, 1.82) is 0 Å². The van der Waals surface area contributed by atoms with Crippen LogP contribution in [0.3, 0.4) is 0 Å². The summed E-state index contributed by atoms with van der Waals surface area (Å²) in [7, 11) is 0. The van der Waals surface area contributed by atoms with Gasteiger partial charge in [0.25, 0.3) is 0 Å². The zero-order chi connectivity index (χ0) is 22.3. The molecule has 4 heterocycles. The van der Waals surface area contributed by atoms with E-state index in [0.29, 0.717) is 30.3 Å². The average molecular weight is 431 g/mol. The number of rotatable bonds is 4. The second kappa shape index (κ2) is 11.1. The predicted molar refractivity (Wildman–Crippen MR) is 134 cm³/mol. The van der Waals surface area contributed by atoms with Gasteiger partial charge in [0.05, 0.1) is 24.4 Å². The maximum Gasteiger partial charge on any atom is 0.0765 e. The lowest BCUT2D eigenvalue weighted by Gasteiger charge is -2.32. The molecule has 0 radical (unpaired) electrons. The first kappa shape index (κ1) is 23.0. The summed E-state index contributed by atoms with van der Waals surface area (Å²) in [5.41, 5.74) is 2.68. The van der Waals surface area contributed by atoms with Crippen LogP contribution in [0, 0.1) is 11.8 Å². The minimum absolute atomic E-state index is 0.491. The quantitative estimate of drug-likeness (QED) is 0.470. The van der Waals surface area contributed by atoms with Gasteiger partial charge < -0.3 is 9.47 Å². The van der Waals surface area contributed by atoms with Gasteiger partial charge in [-0.3, -0.25) is 0 Å². The molecule has 6 rings (SSSR count). The van der Waals surface area contributed by atoms with Gasteiger partial charge in [-0.05, 0) is 61.0 Å². The molecule has 2 aromatic carbocycles. The Labute approximate surface area is 194 Å². The van der Waals surface area contributed by atoms with Crippen LogP contribution in [-0.2, 0) is 9.47 Å². The SMILES string of the molecule is C1=CC2CCC1O2.C=Cc1ccccc1.CCC(c1ccccc1)C1C2CCC(O2)C1C. The molecule has 0 saturated carbocycles. The third kappa shape index (κ3) is 5.42. The molecule has 2 aromatic rings. The van der Waals surface area contributed by atoms with Crippen LogP contribution in [0.4, 0.5) is 0 Å². The molecule has 0 aromatic heterocycles. The van der Waals surface area contributed by atoms with Crippen LogP contribution in [0.15, 0.2) is 79.4 Å². The molecule has 170 valence electrons. The second-order valence-corrected chi connectivity index (χ2v) is 9.44. The molecule has 2 nitrogen and oxygen atoms in total. The Bertz CT molecular complexity index is 845. The van der Waals surface area contributed by atoms with Crippen molar-refractivity contribution in [1.82, 2.24) is 0 Å². The van der Waals surface area contributed by atoms with Crippen LogP contribution in [0.5, 0.6) is 0 Å². The van der Waals surface area contributed by atoms with Gasteiger partial charge >= 0.3 is 0 Å². The van der Waals surface area contributed by atoms with Crippen LogP contribution in [0.25, 0.3) is 6.08 Å². The number of ether oxygens (including phenoxy) is 2. The van der Waals surface area contributed by atoms with Gasteiger partial charge in [-0.2, -0.15) is 0 Å². The molecule has 7 unspecified atom stereocenters. The monoisotopic (exact) mass is 430 g/mol. The lowest BCUT2D eigenvalue weighted by atomic mass is 9.70. The van der Waals surface area contributed by atoms with E-state index in [1.165, 1.54) is 43.2 Å². The Balaban J connectivity index is 0.000000134. The molecular weight excluding hydrogens is 392 g/mol. The normalized spacial score (nSPS) is 31.9. The first-order valence-corrected chi connectivity index (χ1v) is 12.4. The van der Waals surface area contributed by atoms with Crippen molar-refractivity contribution >= 4 is 6.08 Å². The van der Waals surface area contributed by atoms with Gasteiger partial charge in [0.2, 0.25) is 0 Å². The summed E-state index contributed by atoms with van der Waals surface area (Å²) in [6.45, 7) is 8.34. The third-order valence-corrected chi connectivity index (χ3v) is 7.50. The molecule has 32 heavy (non-hydrogen) atoms. The Morgan fingerprint density at radius 3 is 1.84 bits per heavy atom. The topological polar surface area (TPSA) is 18.5 Å². The molecule has 3 fully saturated rings. The molecule has 0 aliphatic carbocycles. The molecule has 3 saturated heterocycles. The molecule has 2 heteroatoms. The van der Waals surface area contributed by atoms with Crippen LogP contribution >= 0.6 is 0 Å². The van der Waals surface area contributed by atoms with E-state index >= 15 is 0 Å². The first-order valence-electron chi connectivity index (χ1n) is 12.4. The predicted octanol–water partition coefficient (Wildman–Crippen LogP) is 7.43. The smallest absolute Gasteiger partial charge is 0.0765 e. The molecule has 4 aliphatic rings. The fraction of sp³-hybridized carbons (Fsp3) is 0.467. The number of hydrogen-bond donors (Lipinski definition) is 0. The van der Waals surface area contributed by atoms with E-state index < -0.39 is 0 Å². The lowest BCUT2D eigenvalue weighted by Crippen LogP contribution is -2.30. The number of benzene rings is 2. The zero-order valence-corrected chi connectivity index (χ0v) is 19.6. The Morgan fingerprint density at radius 1 is 0.844 bits per heavy atom. The van der Waals surface area contributed by atoms with Crippen LogP contribution in [0.1, 0.15) is 63.0 Å². The first-order chi connectivity index (χ1) is 15.7. The van der Waals surface area contributed by atoms with Crippen molar-refractivity contribution in [3.05, 3.63) is 90.5 Å². The Kier molecular flexibility index (Phi) is 8.00. The van der Waals surface area contributed by atoms with Crippen molar-refractivity contribution < 1.29 is 9.47 Å². The van der Waals surface area contributed by atoms with E-state index in [1.807, 2.05) is 36.4 Å². The van der Waals surface area contributed by atoms with Crippen molar-refractivity contribution in [3.8, 4) is 0 Å². The summed E-state index contributed by atoms with van der Waals surface area (Å²) in [4.78, 5) is 0. The maximum absolute atomic E-state index is 6.10. The molecular formula is C30H38O2. The molecule has 0 spiro atoms. The standard InChI is InChI=1S/C16H22O.C8H8.C6H8O/c1-3-13(12-7-5-4-6-8-12)16-11(2)14-9-10-15(16)17-14;1-2-8-6-4-3-5-7-8;1-2-6-4-3-5(1)7-6/h4-8,11,13-16H,3,9-10H2,1-2H3;2-7H,1H2;1-2,5-6H,3-4H2. The number of fused-ring (bicyclic) bond motifs is 4. The van der Waals surface area contributed by atoms with Gasteiger partial charge in [0.15, 0.2) is 0 Å². The summed E-state index contributed by atoms with van der Waals surface area (Å²) in [6.07, 6.45) is 14.5. The van der Waals surface area contributed by atoms with Crippen LogP contribution in [0.2, 0.25) is 0 Å². The highest BCUT2D eigenvalue weighted by atomic mass is 16.5. The van der Waals surface area contributed by atoms with Gasteiger partial charge in [0.1, 0.15) is 0 Å². The highest BCUT2D eigenvalue weighted by Crippen LogP contribution is 2.50. The van der Waals surface area contributed by atoms with Gasteiger partial charge in [-0.1, -0.05) is 99.3 Å². The van der Waals surface area contributed by atoms with E-state index in [9.17, 15) is 0 Å². The summed E-state index contributed by atoms with van der Waals surface area (Å²) in [5, 5.41) is 0. The zero-order valence-electron chi connectivity index (χ0n) is 19.6. The summed E-state index contributed by atoms with van der Waals surface area (Å²) < 4.78 is 11.5. The third-order valence-electron chi connectivity index (χ3n) is 7.50. The van der Waals surface area contributed by atoms with E-state index in [-0.39, 0.29) is 0 Å². The summed E-state index contributed by atoms with van der Waals surface area (Å²) >= 11 is 0. The summed E-state index contributed by atoms with van der Waals surface area (Å²) in [6, 6.07) is 21.0. The lowest BCUT2D eigenvalue weighted by molar-refractivity contribution is 0.0852. The Hall–Kier alpha value is -2.16. The second-order valence-electron chi connectivity index (χ2n) is 9.44. The van der Waals surface area contributed by atoms with Crippen molar-refractivity contribution in [2.45, 2.75) is 76.3 Å². The van der Waals surface area contributed by atoms with Crippen LogP contribution < -0.4 is 0 Å².